The predicted molar refractivity (Wildman–Crippen MR) is 80.0 cm³/mol. The minimum atomic E-state index is 0.0265. The summed E-state index contributed by atoms with van der Waals surface area (Å²) in [5.41, 5.74) is 7.80. The smallest absolute Gasteiger partial charge is 0.0773 e. The van der Waals surface area contributed by atoms with Gasteiger partial charge >= 0.3 is 0 Å². The van der Waals surface area contributed by atoms with Crippen molar-refractivity contribution < 1.29 is 0 Å². The van der Waals surface area contributed by atoms with Crippen molar-refractivity contribution in [2.75, 3.05) is 0 Å². The summed E-state index contributed by atoms with van der Waals surface area (Å²) in [5.74, 6) is 5.73. The zero-order valence-electron chi connectivity index (χ0n) is 12.4. The van der Waals surface area contributed by atoms with Gasteiger partial charge in [-0.15, -0.1) is 5.10 Å². The van der Waals surface area contributed by atoms with Crippen molar-refractivity contribution in [2.45, 2.75) is 46.2 Å². The van der Waals surface area contributed by atoms with E-state index in [-0.39, 0.29) is 6.04 Å². The minimum absolute atomic E-state index is 0.0265. The van der Waals surface area contributed by atoms with E-state index >= 15 is 0 Å². The number of nitrogens with two attached hydrogens (primary N) is 1. The topological polar surface area (TPSA) is 68.8 Å². The highest BCUT2D eigenvalue weighted by molar-refractivity contribution is 5.30. The average Bonchev–Trinajstić information content (AvgIpc) is 2.88. The van der Waals surface area contributed by atoms with Gasteiger partial charge in [0.15, 0.2) is 0 Å². The molecule has 5 nitrogen and oxygen atoms in total. The van der Waals surface area contributed by atoms with E-state index in [1.54, 1.807) is 6.20 Å². The number of aromatic nitrogens is 3. The molecule has 0 spiro atoms. The Morgan fingerprint density at radius 2 is 2.10 bits per heavy atom. The SMILES string of the molecule is CCCn1nncc1C(Cc1ccc(C)c(C)c1)NN. The lowest BCUT2D eigenvalue weighted by atomic mass is 10.00. The molecule has 20 heavy (non-hydrogen) atoms. The van der Waals surface area contributed by atoms with Crippen LogP contribution in [0.4, 0.5) is 0 Å². The molecule has 0 aliphatic carbocycles. The fourth-order valence-electron chi connectivity index (χ4n) is 2.34. The lowest BCUT2D eigenvalue weighted by Crippen LogP contribution is -2.31. The van der Waals surface area contributed by atoms with Gasteiger partial charge in [-0.2, -0.15) is 0 Å². The summed E-state index contributed by atoms with van der Waals surface area (Å²) in [5, 5.41) is 8.12. The third kappa shape index (κ3) is 3.23. The highest BCUT2D eigenvalue weighted by Gasteiger charge is 2.16. The van der Waals surface area contributed by atoms with Crippen LogP contribution in [0.1, 0.15) is 41.8 Å². The zero-order valence-corrected chi connectivity index (χ0v) is 12.4. The first kappa shape index (κ1) is 14.7. The first-order chi connectivity index (χ1) is 9.65. The Labute approximate surface area is 120 Å². The van der Waals surface area contributed by atoms with Gasteiger partial charge in [0.2, 0.25) is 0 Å². The predicted octanol–water partition coefficient (Wildman–Crippen LogP) is 2.05. The number of nitrogens with one attached hydrogen (secondary N) is 1. The van der Waals surface area contributed by atoms with E-state index < -0.39 is 0 Å². The second-order valence-corrected chi connectivity index (χ2v) is 5.22. The van der Waals surface area contributed by atoms with Crippen molar-refractivity contribution in [1.29, 1.82) is 0 Å². The van der Waals surface area contributed by atoms with Crippen LogP contribution in [0.3, 0.4) is 0 Å². The van der Waals surface area contributed by atoms with E-state index in [4.69, 9.17) is 5.84 Å². The average molecular weight is 273 g/mol. The molecule has 0 radical (unpaired) electrons. The first-order valence-corrected chi connectivity index (χ1v) is 7.06. The second kappa shape index (κ2) is 6.63. The van der Waals surface area contributed by atoms with Crippen molar-refractivity contribution >= 4 is 0 Å². The van der Waals surface area contributed by atoms with Gasteiger partial charge in [0, 0.05) is 6.54 Å². The Kier molecular flexibility index (Phi) is 4.87. The lowest BCUT2D eigenvalue weighted by Gasteiger charge is -2.17. The summed E-state index contributed by atoms with van der Waals surface area (Å²) >= 11 is 0. The normalized spacial score (nSPS) is 12.6. The van der Waals surface area contributed by atoms with Crippen LogP contribution in [0, 0.1) is 13.8 Å². The molecule has 0 amide bonds. The number of benzene rings is 1. The van der Waals surface area contributed by atoms with Crippen molar-refractivity contribution in [3.63, 3.8) is 0 Å². The van der Waals surface area contributed by atoms with Gasteiger partial charge in [-0.1, -0.05) is 30.3 Å². The lowest BCUT2D eigenvalue weighted by molar-refractivity contribution is 0.473. The molecular weight excluding hydrogens is 250 g/mol. The third-order valence-corrected chi connectivity index (χ3v) is 3.65. The Bertz CT molecular complexity index is 561. The number of aryl methyl sites for hydroxylation is 3. The second-order valence-electron chi connectivity index (χ2n) is 5.22. The molecule has 2 aromatic rings. The van der Waals surface area contributed by atoms with E-state index in [1.165, 1.54) is 16.7 Å². The number of hydrazine groups is 1. The number of rotatable bonds is 6. The molecule has 1 atom stereocenters. The fourth-order valence-corrected chi connectivity index (χ4v) is 2.34. The molecule has 108 valence electrons. The van der Waals surface area contributed by atoms with Gasteiger partial charge in [0.1, 0.15) is 0 Å². The minimum Gasteiger partial charge on any atom is -0.271 e. The molecule has 5 heteroatoms. The fraction of sp³-hybridized carbons (Fsp3) is 0.467. The maximum atomic E-state index is 5.73. The van der Waals surface area contributed by atoms with Gasteiger partial charge in [-0.05, 0) is 43.4 Å². The van der Waals surface area contributed by atoms with Crippen molar-refractivity contribution in [1.82, 2.24) is 20.4 Å². The monoisotopic (exact) mass is 273 g/mol. The maximum absolute atomic E-state index is 5.73. The molecular formula is C15H23N5. The van der Waals surface area contributed by atoms with Crippen LogP contribution in [-0.4, -0.2) is 15.0 Å². The number of nitrogens with zero attached hydrogens (tertiary/aromatic N) is 3. The highest BCUT2D eigenvalue weighted by atomic mass is 15.4. The van der Waals surface area contributed by atoms with E-state index in [0.29, 0.717) is 0 Å². The van der Waals surface area contributed by atoms with E-state index in [2.05, 4.69) is 54.7 Å². The van der Waals surface area contributed by atoms with Crippen LogP contribution < -0.4 is 11.3 Å². The molecule has 1 aromatic heterocycles. The number of hydrogen-bond donors (Lipinski definition) is 2. The Hall–Kier alpha value is -1.72. The van der Waals surface area contributed by atoms with E-state index in [0.717, 1.165) is 25.1 Å². The summed E-state index contributed by atoms with van der Waals surface area (Å²) < 4.78 is 1.92. The largest absolute Gasteiger partial charge is 0.271 e. The molecule has 1 unspecified atom stereocenters. The van der Waals surface area contributed by atoms with Crippen LogP contribution in [0.15, 0.2) is 24.4 Å². The van der Waals surface area contributed by atoms with E-state index in [1.807, 2.05) is 4.68 Å². The van der Waals surface area contributed by atoms with Gasteiger partial charge in [-0.25, -0.2) is 4.68 Å². The Balaban J connectivity index is 2.19. The van der Waals surface area contributed by atoms with Crippen LogP contribution in [-0.2, 0) is 13.0 Å². The van der Waals surface area contributed by atoms with Crippen LogP contribution in [0.25, 0.3) is 0 Å². The summed E-state index contributed by atoms with van der Waals surface area (Å²) in [6, 6.07) is 6.55. The molecule has 0 bridgehead atoms. The molecule has 0 saturated heterocycles. The quantitative estimate of drug-likeness (QED) is 0.624. The summed E-state index contributed by atoms with van der Waals surface area (Å²) in [6.07, 6.45) is 3.65. The van der Waals surface area contributed by atoms with Crippen molar-refractivity contribution in [2.24, 2.45) is 5.84 Å². The Morgan fingerprint density at radius 3 is 2.75 bits per heavy atom. The summed E-state index contributed by atoms with van der Waals surface area (Å²) in [6.45, 7) is 7.24. The molecule has 1 heterocycles. The van der Waals surface area contributed by atoms with Crippen LogP contribution in [0.5, 0.6) is 0 Å². The van der Waals surface area contributed by atoms with Crippen molar-refractivity contribution in [3.05, 3.63) is 46.8 Å². The molecule has 0 aliphatic rings. The van der Waals surface area contributed by atoms with Gasteiger partial charge < -0.3 is 0 Å². The molecule has 0 aliphatic heterocycles. The first-order valence-electron chi connectivity index (χ1n) is 7.06. The summed E-state index contributed by atoms with van der Waals surface area (Å²) in [7, 11) is 0. The standard InChI is InChI=1S/C15H23N5/c1-4-7-20-15(10-17-19-20)14(18-16)9-13-6-5-11(2)12(3)8-13/h5-6,8,10,14,18H,4,7,9,16H2,1-3H3. The van der Waals surface area contributed by atoms with Gasteiger partial charge in [0.25, 0.3) is 0 Å². The van der Waals surface area contributed by atoms with Crippen LogP contribution in [0.2, 0.25) is 0 Å². The molecule has 2 rings (SSSR count). The number of hydrogen-bond acceptors (Lipinski definition) is 4. The van der Waals surface area contributed by atoms with Gasteiger partial charge in [0.05, 0.1) is 17.9 Å². The molecule has 1 aromatic carbocycles. The highest BCUT2D eigenvalue weighted by Crippen LogP contribution is 2.19. The van der Waals surface area contributed by atoms with Gasteiger partial charge in [-0.3, -0.25) is 11.3 Å². The Morgan fingerprint density at radius 1 is 1.30 bits per heavy atom. The molecule has 0 fully saturated rings. The maximum Gasteiger partial charge on any atom is 0.0773 e. The molecule has 0 saturated carbocycles. The van der Waals surface area contributed by atoms with Crippen molar-refractivity contribution in [3.8, 4) is 0 Å². The third-order valence-electron chi connectivity index (χ3n) is 3.65. The van der Waals surface area contributed by atoms with Crippen LogP contribution >= 0.6 is 0 Å². The molecule has 3 N–H and O–H groups in total. The summed E-state index contributed by atoms with van der Waals surface area (Å²) in [4.78, 5) is 0. The van der Waals surface area contributed by atoms with E-state index in [9.17, 15) is 0 Å². The zero-order chi connectivity index (χ0) is 14.5.